The number of carbonyl (C=O) groups is 1. The SMILES string of the molecule is COC(=O)CCc1cc2ccc(OC)cc2[nH]c1=O. The van der Waals surface area contributed by atoms with Crippen molar-refractivity contribution >= 4 is 16.9 Å². The average molecular weight is 261 g/mol. The lowest BCUT2D eigenvalue weighted by molar-refractivity contribution is -0.140. The van der Waals surface area contributed by atoms with Gasteiger partial charge in [0.25, 0.3) is 5.56 Å². The summed E-state index contributed by atoms with van der Waals surface area (Å²) in [6.07, 6.45) is 0.561. The molecule has 0 aliphatic carbocycles. The van der Waals surface area contributed by atoms with E-state index >= 15 is 0 Å². The number of rotatable bonds is 4. The van der Waals surface area contributed by atoms with Crippen LogP contribution in [0.1, 0.15) is 12.0 Å². The molecule has 0 amide bonds. The largest absolute Gasteiger partial charge is 0.497 e. The van der Waals surface area contributed by atoms with Gasteiger partial charge in [0.1, 0.15) is 5.75 Å². The first-order valence-electron chi connectivity index (χ1n) is 5.91. The smallest absolute Gasteiger partial charge is 0.305 e. The van der Waals surface area contributed by atoms with E-state index in [0.717, 1.165) is 5.39 Å². The van der Waals surface area contributed by atoms with E-state index in [9.17, 15) is 9.59 Å². The zero-order chi connectivity index (χ0) is 13.8. The van der Waals surface area contributed by atoms with Crippen LogP contribution in [0.4, 0.5) is 0 Å². The summed E-state index contributed by atoms with van der Waals surface area (Å²) in [6.45, 7) is 0. The number of esters is 1. The van der Waals surface area contributed by atoms with Crippen molar-refractivity contribution in [3.63, 3.8) is 0 Å². The summed E-state index contributed by atoms with van der Waals surface area (Å²) in [5.74, 6) is 0.361. The van der Waals surface area contributed by atoms with E-state index < -0.39 is 0 Å². The van der Waals surface area contributed by atoms with Crippen LogP contribution in [0.2, 0.25) is 0 Å². The lowest BCUT2D eigenvalue weighted by Gasteiger charge is -2.05. The van der Waals surface area contributed by atoms with Crippen molar-refractivity contribution < 1.29 is 14.3 Å². The van der Waals surface area contributed by atoms with E-state index in [4.69, 9.17) is 4.74 Å². The van der Waals surface area contributed by atoms with Gasteiger partial charge in [0.15, 0.2) is 0 Å². The van der Waals surface area contributed by atoms with Crippen LogP contribution in [0.15, 0.2) is 29.1 Å². The molecule has 0 aliphatic rings. The minimum absolute atomic E-state index is 0.190. The predicted molar refractivity (Wildman–Crippen MR) is 71.5 cm³/mol. The van der Waals surface area contributed by atoms with Crippen molar-refractivity contribution in [3.05, 3.63) is 40.2 Å². The molecule has 5 heteroatoms. The molecule has 1 N–H and O–H groups in total. The molecule has 1 aromatic heterocycles. The van der Waals surface area contributed by atoms with Gasteiger partial charge in [-0.05, 0) is 30.0 Å². The molecule has 19 heavy (non-hydrogen) atoms. The maximum Gasteiger partial charge on any atom is 0.305 e. The highest BCUT2D eigenvalue weighted by atomic mass is 16.5. The summed E-state index contributed by atoms with van der Waals surface area (Å²) in [5.41, 5.74) is 1.10. The molecule has 5 nitrogen and oxygen atoms in total. The molecule has 0 aliphatic heterocycles. The summed E-state index contributed by atoms with van der Waals surface area (Å²) in [6, 6.07) is 7.24. The van der Waals surface area contributed by atoms with Crippen LogP contribution in [0.5, 0.6) is 5.75 Å². The molecule has 0 bridgehead atoms. The fraction of sp³-hybridized carbons (Fsp3) is 0.286. The third-order valence-corrected chi connectivity index (χ3v) is 2.96. The van der Waals surface area contributed by atoms with Crippen LogP contribution >= 0.6 is 0 Å². The standard InChI is InChI=1S/C14H15NO4/c1-18-11-5-3-9-7-10(4-6-13(16)19-2)14(17)15-12(9)8-11/h3,5,7-8H,4,6H2,1-2H3,(H,15,17). The fourth-order valence-electron chi connectivity index (χ4n) is 1.88. The molecule has 100 valence electrons. The summed E-state index contributed by atoms with van der Waals surface area (Å²) in [5, 5.41) is 0.903. The van der Waals surface area contributed by atoms with Crippen molar-refractivity contribution in [3.8, 4) is 5.75 Å². The number of fused-ring (bicyclic) bond motifs is 1. The number of benzene rings is 1. The summed E-state index contributed by atoms with van der Waals surface area (Å²) < 4.78 is 9.66. The Morgan fingerprint density at radius 3 is 2.74 bits per heavy atom. The van der Waals surface area contributed by atoms with Crippen LogP contribution in [0.25, 0.3) is 10.9 Å². The van der Waals surface area contributed by atoms with E-state index in [0.29, 0.717) is 23.3 Å². The molecule has 0 saturated carbocycles. The second-order valence-corrected chi connectivity index (χ2v) is 4.15. The molecule has 2 rings (SSSR count). The molecule has 0 saturated heterocycles. The van der Waals surface area contributed by atoms with Gasteiger partial charge < -0.3 is 14.5 Å². The molecule has 2 aromatic rings. The first-order chi connectivity index (χ1) is 9.13. The Kier molecular flexibility index (Phi) is 3.85. The molecule has 1 heterocycles. The molecular formula is C14H15NO4. The van der Waals surface area contributed by atoms with Crippen molar-refractivity contribution in [1.82, 2.24) is 4.98 Å². The number of hydrogen-bond acceptors (Lipinski definition) is 4. The maximum absolute atomic E-state index is 11.9. The third kappa shape index (κ3) is 2.93. The van der Waals surface area contributed by atoms with Gasteiger partial charge in [0.05, 0.1) is 19.7 Å². The highest BCUT2D eigenvalue weighted by Crippen LogP contribution is 2.18. The van der Waals surface area contributed by atoms with E-state index in [1.165, 1.54) is 7.11 Å². The highest BCUT2D eigenvalue weighted by molar-refractivity contribution is 5.80. The van der Waals surface area contributed by atoms with Crippen molar-refractivity contribution in [1.29, 1.82) is 0 Å². The quantitative estimate of drug-likeness (QED) is 0.849. The van der Waals surface area contributed by atoms with Crippen molar-refractivity contribution in [2.75, 3.05) is 14.2 Å². The van der Waals surface area contributed by atoms with E-state index in [1.54, 1.807) is 19.2 Å². The number of ether oxygens (including phenoxy) is 2. The number of methoxy groups -OCH3 is 2. The van der Waals surface area contributed by atoms with Gasteiger partial charge in [-0.1, -0.05) is 0 Å². The average Bonchev–Trinajstić information content (AvgIpc) is 2.44. The Morgan fingerprint density at radius 2 is 2.05 bits per heavy atom. The molecule has 0 radical (unpaired) electrons. The van der Waals surface area contributed by atoms with Gasteiger partial charge in [0, 0.05) is 18.1 Å². The summed E-state index contributed by atoms with van der Waals surface area (Å²) >= 11 is 0. The molecule has 0 fully saturated rings. The van der Waals surface area contributed by atoms with Gasteiger partial charge >= 0.3 is 5.97 Å². The number of aromatic nitrogens is 1. The number of pyridine rings is 1. The number of aryl methyl sites for hydroxylation is 1. The number of hydrogen-bond donors (Lipinski definition) is 1. The Morgan fingerprint density at radius 1 is 1.26 bits per heavy atom. The third-order valence-electron chi connectivity index (χ3n) is 2.96. The fourth-order valence-corrected chi connectivity index (χ4v) is 1.88. The van der Waals surface area contributed by atoms with Crippen LogP contribution < -0.4 is 10.3 Å². The Balaban J connectivity index is 2.34. The predicted octanol–water partition coefficient (Wildman–Crippen LogP) is 1.64. The van der Waals surface area contributed by atoms with Crippen LogP contribution in [-0.4, -0.2) is 25.2 Å². The normalized spacial score (nSPS) is 10.4. The Labute approximate surface area is 110 Å². The molecule has 0 unspecified atom stereocenters. The van der Waals surface area contributed by atoms with E-state index in [-0.39, 0.29) is 17.9 Å². The number of carbonyl (C=O) groups excluding carboxylic acids is 1. The van der Waals surface area contributed by atoms with Gasteiger partial charge in [0.2, 0.25) is 0 Å². The number of aromatic amines is 1. The van der Waals surface area contributed by atoms with Crippen LogP contribution in [0, 0.1) is 0 Å². The Bertz CT molecular complexity index is 660. The number of H-pyrrole nitrogens is 1. The van der Waals surface area contributed by atoms with Gasteiger partial charge in [-0.15, -0.1) is 0 Å². The molecular weight excluding hydrogens is 246 g/mol. The zero-order valence-corrected chi connectivity index (χ0v) is 10.9. The Hall–Kier alpha value is -2.30. The van der Waals surface area contributed by atoms with Gasteiger partial charge in [-0.3, -0.25) is 9.59 Å². The molecule has 0 atom stereocenters. The maximum atomic E-state index is 11.9. The van der Waals surface area contributed by atoms with E-state index in [1.807, 2.05) is 12.1 Å². The van der Waals surface area contributed by atoms with Crippen molar-refractivity contribution in [2.24, 2.45) is 0 Å². The summed E-state index contributed by atoms with van der Waals surface area (Å²) in [4.78, 5) is 25.8. The first kappa shape index (κ1) is 13.1. The monoisotopic (exact) mass is 261 g/mol. The van der Waals surface area contributed by atoms with Crippen LogP contribution in [-0.2, 0) is 16.0 Å². The zero-order valence-electron chi connectivity index (χ0n) is 10.9. The summed E-state index contributed by atoms with van der Waals surface area (Å²) in [7, 11) is 2.91. The second-order valence-electron chi connectivity index (χ2n) is 4.15. The lowest BCUT2D eigenvalue weighted by Crippen LogP contribution is -2.14. The van der Waals surface area contributed by atoms with E-state index in [2.05, 4.69) is 9.72 Å². The van der Waals surface area contributed by atoms with Crippen molar-refractivity contribution in [2.45, 2.75) is 12.8 Å². The highest BCUT2D eigenvalue weighted by Gasteiger charge is 2.07. The lowest BCUT2D eigenvalue weighted by atomic mass is 10.1. The minimum atomic E-state index is -0.325. The topological polar surface area (TPSA) is 68.4 Å². The first-order valence-corrected chi connectivity index (χ1v) is 5.91. The second kappa shape index (κ2) is 5.56. The minimum Gasteiger partial charge on any atom is -0.497 e. The molecule has 0 spiro atoms. The van der Waals surface area contributed by atoms with Gasteiger partial charge in [-0.25, -0.2) is 0 Å². The van der Waals surface area contributed by atoms with Crippen LogP contribution in [0.3, 0.4) is 0 Å². The molecule has 1 aromatic carbocycles. The van der Waals surface area contributed by atoms with Gasteiger partial charge in [-0.2, -0.15) is 0 Å². The number of nitrogens with one attached hydrogen (secondary N) is 1.